The van der Waals surface area contributed by atoms with Gasteiger partial charge < -0.3 is 27.9 Å². The molecule has 122 valence electrons. The molecule has 0 saturated carbocycles. The Bertz CT molecular complexity index is 402. The van der Waals surface area contributed by atoms with Gasteiger partial charge in [-0.3, -0.25) is 0 Å². The minimum atomic E-state index is -4.60. The van der Waals surface area contributed by atoms with Gasteiger partial charge in [0.05, 0.1) is 31.8 Å². The van der Waals surface area contributed by atoms with Gasteiger partial charge >= 0.3 is 16.4 Å². The van der Waals surface area contributed by atoms with Crippen LogP contribution in [-0.2, 0) is 27.0 Å². The van der Waals surface area contributed by atoms with E-state index in [0.29, 0.717) is 13.2 Å². The van der Waals surface area contributed by atoms with E-state index in [1.54, 1.807) is 0 Å². The molecule has 1 atom stereocenters. The summed E-state index contributed by atoms with van der Waals surface area (Å²) in [5.41, 5.74) is -0.431. The zero-order valence-corrected chi connectivity index (χ0v) is 15.5. The molecule has 13 heteroatoms. The lowest BCUT2D eigenvalue weighted by Gasteiger charge is -2.42. The summed E-state index contributed by atoms with van der Waals surface area (Å²) in [7, 11) is -5.41. The van der Waals surface area contributed by atoms with Crippen molar-refractivity contribution in [3.05, 3.63) is 0 Å². The summed E-state index contributed by atoms with van der Waals surface area (Å²) >= 11 is 0. The van der Waals surface area contributed by atoms with Crippen LogP contribution in [-0.4, -0.2) is 62.6 Å². The highest BCUT2D eigenvalue weighted by molar-refractivity contribution is 7.98. The summed E-state index contributed by atoms with van der Waals surface area (Å²) in [5, 5.41) is 0. The first-order chi connectivity index (χ1) is 9.57. The van der Waals surface area contributed by atoms with Crippen molar-refractivity contribution in [1.82, 2.24) is 0 Å². The number of rotatable bonds is 4. The van der Waals surface area contributed by atoms with Gasteiger partial charge in [-0.15, -0.1) is 13.1 Å². The zero-order chi connectivity index (χ0) is 15.7. The number of phosphoric acid groups is 1. The third-order valence-corrected chi connectivity index (χ3v) is 9.54. The minimum Gasteiger partial charge on any atom is -0.333 e. The molecule has 21 heavy (non-hydrogen) atoms. The molecule has 2 saturated heterocycles. The van der Waals surface area contributed by atoms with Crippen LogP contribution < -0.4 is 0 Å². The maximum atomic E-state index is 10.7. The Kier molecular flexibility index (Phi) is 6.14. The summed E-state index contributed by atoms with van der Waals surface area (Å²) in [6.07, 6.45) is 4.14. The molecule has 0 amide bonds. The predicted octanol–water partition coefficient (Wildman–Crippen LogP) is 1.30. The maximum absolute atomic E-state index is 10.7. The van der Waals surface area contributed by atoms with Crippen LogP contribution in [0.5, 0.6) is 0 Å². The van der Waals surface area contributed by atoms with Crippen molar-refractivity contribution in [3.63, 3.8) is 0 Å². The van der Waals surface area contributed by atoms with Crippen molar-refractivity contribution in [1.29, 1.82) is 0 Å². The summed E-state index contributed by atoms with van der Waals surface area (Å²) in [6.45, 7) is 2.26. The summed E-state index contributed by atoms with van der Waals surface area (Å²) in [6, 6.07) is 0. The fourth-order valence-electron chi connectivity index (χ4n) is 1.65. The first kappa shape index (κ1) is 18.5. The first-order valence-electron chi connectivity index (χ1n) is 6.09. The van der Waals surface area contributed by atoms with Gasteiger partial charge in [-0.05, 0) is 0 Å². The molecule has 0 aromatic heterocycles. The molecular weight excluding hydrogens is 359 g/mol. The molecule has 2 aliphatic rings. The second kappa shape index (κ2) is 6.97. The standard InChI is InChI=1S/C8H19BO8P4/c1-20(2,9)7-18-13-3-8(4-14-18)5-15-19(16-6-8)17-21(10,11)12/h1,3-7,9H2,2H3,(H2,10,11,12). The van der Waals surface area contributed by atoms with E-state index in [4.69, 9.17) is 27.9 Å². The largest absolute Gasteiger partial charge is 0.476 e. The van der Waals surface area contributed by atoms with Gasteiger partial charge in [0.25, 0.3) is 0 Å². The van der Waals surface area contributed by atoms with E-state index in [1.807, 2.05) is 0 Å². The average Bonchev–Trinajstić information content (AvgIpc) is 2.32. The Morgan fingerprint density at radius 1 is 1.24 bits per heavy atom. The van der Waals surface area contributed by atoms with E-state index in [-0.39, 0.29) is 13.2 Å². The van der Waals surface area contributed by atoms with Crippen LogP contribution in [0.4, 0.5) is 0 Å². The second-order valence-corrected chi connectivity index (χ2v) is 14.6. The van der Waals surface area contributed by atoms with Crippen LogP contribution in [0, 0.1) is 5.41 Å². The van der Waals surface area contributed by atoms with E-state index >= 15 is 0 Å². The Balaban J connectivity index is 1.80. The van der Waals surface area contributed by atoms with Crippen molar-refractivity contribution < 1.29 is 36.8 Å². The normalized spacial score (nSPS) is 37.3. The lowest BCUT2D eigenvalue weighted by molar-refractivity contribution is -0.0608. The Hall–Kier alpha value is 1.17. The molecule has 1 unspecified atom stereocenters. The minimum absolute atomic E-state index is 0.227. The zero-order valence-electron chi connectivity index (χ0n) is 11.9. The van der Waals surface area contributed by atoms with Crippen LogP contribution in [0.25, 0.3) is 0 Å². The lowest BCUT2D eigenvalue weighted by atomic mass is 9.93. The molecule has 2 fully saturated rings. The summed E-state index contributed by atoms with van der Waals surface area (Å²) in [4.78, 5) is 17.4. The van der Waals surface area contributed by atoms with Gasteiger partial charge in [0.15, 0.2) is 8.38 Å². The third-order valence-electron chi connectivity index (χ3n) is 2.65. The van der Waals surface area contributed by atoms with E-state index in [2.05, 4.69) is 24.8 Å². The van der Waals surface area contributed by atoms with Crippen LogP contribution in [0.2, 0.25) is 0 Å². The van der Waals surface area contributed by atoms with Gasteiger partial charge in [-0.1, -0.05) is 6.66 Å². The average molecular weight is 378 g/mol. The second-order valence-electron chi connectivity index (χ2n) is 5.80. The highest BCUT2D eigenvalue weighted by Gasteiger charge is 2.44. The molecule has 0 aromatic rings. The van der Waals surface area contributed by atoms with Gasteiger partial charge in [-0.2, -0.15) is 0 Å². The summed E-state index contributed by atoms with van der Waals surface area (Å²) < 4.78 is 37.2. The Morgan fingerprint density at radius 3 is 2.14 bits per heavy atom. The van der Waals surface area contributed by atoms with Crippen LogP contribution in [0.15, 0.2) is 0 Å². The van der Waals surface area contributed by atoms with E-state index in [9.17, 15) is 4.57 Å². The molecule has 2 rings (SSSR count). The van der Waals surface area contributed by atoms with Crippen molar-refractivity contribution in [2.45, 2.75) is 0 Å². The Labute approximate surface area is 127 Å². The van der Waals surface area contributed by atoms with E-state index in [0.717, 1.165) is 5.90 Å². The van der Waals surface area contributed by atoms with Crippen molar-refractivity contribution >= 4 is 45.4 Å². The van der Waals surface area contributed by atoms with Crippen molar-refractivity contribution in [2.24, 2.45) is 5.41 Å². The van der Waals surface area contributed by atoms with Crippen molar-refractivity contribution in [2.75, 3.05) is 39.0 Å². The summed E-state index contributed by atoms with van der Waals surface area (Å²) in [5.74, 6) is 0.855. The molecule has 2 heterocycles. The van der Waals surface area contributed by atoms with Gasteiger partial charge in [0.1, 0.15) is 7.57 Å². The SMILES string of the molecule is BP(=C)(C)CP1OCC2(CO1)COP(OP(=O)(O)O)OC2. The van der Waals surface area contributed by atoms with Crippen LogP contribution >= 0.6 is 31.6 Å². The molecule has 8 nitrogen and oxygen atoms in total. The topological polar surface area (TPSA) is 104 Å². The molecule has 0 aromatic carbocycles. The number of hydrogen-bond acceptors (Lipinski definition) is 6. The molecule has 0 bridgehead atoms. The fraction of sp³-hybridized carbons (Fsp3) is 0.875. The molecular formula is C8H19BO8P4. The highest BCUT2D eigenvalue weighted by atomic mass is 31.3. The lowest BCUT2D eigenvalue weighted by Crippen LogP contribution is -2.44. The van der Waals surface area contributed by atoms with Crippen LogP contribution in [0.3, 0.4) is 0 Å². The van der Waals surface area contributed by atoms with E-state index in [1.165, 1.54) is 0 Å². The molecule has 1 spiro atoms. The smallest absolute Gasteiger partial charge is 0.333 e. The number of hydrogen-bond donors (Lipinski definition) is 2. The molecule has 2 N–H and O–H groups in total. The quantitative estimate of drug-likeness (QED) is 0.558. The van der Waals surface area contributed by atoms with Crippen molar-refractivity contribution in [3.8, 4) is 0 Å². The predicted molar refractivity (Wildman–Crippen MR) is 86.6 cm³/mol. The Morgan fingerprint density at radius 2 is 1.71 bits per heavy atom. The van der Waals surface area contributed by atoms with E-state index < -0.39 is 37.0 Å². The molecule has 0 aliphatic carbocycles. The molecule has 2 aliphatic heterocycles. The van der Waals surface area contributed by atoms with Gasteiger partial charge in [-0.25, -0.2) is 8.88 Å². The first-order valence-corrected chi connectivity index (χ1v) is 13.1. The molecule has 0 radical (unpaired) electrons. The van der Waals surface area contributed by atoms with Gasteiger partial charge in [0.2, 0.25) is 0 Å². The fourth-order valence-corrected chi connectivity index (χ4v) is 7.62. The highest BCUT2D eigenvalue weighted by Crippen LogP contribution is 2.60. The van der Waals surface area contributed by atoms with Gasteiger partial charge in [0, 0.05) is 5.90 Å². The maximum Gasteiger partial charge on any atom is 0.476 e. The van der Waals surface area contributed by atoms with Crippen LogP contribution in [0.1, 0.15) is 0 Å². The third kappa shape index (κ3) is 6.29. The monoisotopic (exact) mass is 378 g/mol.